The Bertz CT molecular complexity index is 478. The minimum Gasteiger partial charge on any atom is -0.497 e. The first-order valence-corrected chi connectivity index (χ1v) is 6.19. The van der Waals surface area contributed by atoms with Gasteiger partial charge in [-0.1, -0.05) is 15.9 Å². The number of carbonyl (C=O) groups excluding carboxylic acids is 1. The second-order valence-electron chi connectivity index (χ2n) is 4.81. The van der Waals surface area contributed by atoms with Crippen LogP contribution in [-0.4, -0.2) is 22.8 Å². The zero-order valence-corrected chi connectivity index (χ0v) is 11.9. The smallest absolute Gasteiger partial charge is 0.187 e. The van der Waals surface area contributed by atoms with Crippen LogP contribution < -0.4 is 9.47 Å². The molecule has 0 saturated carbocycles. The third-order valence-electron chi connectivity index (χ3n) is 3.36. The van der Waals surface area contributed by atoms with Crippen LogP contribution in [0.15, 0.2) is 18.2 Å². The quantitative estimate of drug-likeness (QED) is 0.747. The Balaban J connectivity index is 2.57. The van der Waals surface area contributed by atoms with Crippen LogP contribution >= 0.6 is 15.9 Å². The number of rotatable bonds is 1. The van der Waals surface area contributed by atoms with Gasteiger partial charge in [0.1, 0.15) is 21.4 Å². The van der Waals surface area contributed by atoms with Crippen molar-refractivity contribution in [3.05, 3.63) is 23.8 Å². The molecule has 0 N–H and O–H groups in total. The number of hydrogen-bond donors (Lipinski definition) is 0. The van der Waals surface area contributed by atoms with E-state index in [1.807, 2.05) is 20.8 Å². The third-order valence-corrected chi connectivity index (χ3v) is 4.67. The molecule has 0 radical (unpaired) electrons. The lowest BCUT2D eigenvalue weighted by molar-refractivity contribution is 0.0455. The highest BCUT2D eigenvalue weighted by atomic mass is 79.9. The van der Waals surface area contributed by atoms with Crippen molar-refractivity contribution in [3.8, 4) is 11.5 Å². The van der Waals surface area contributed by atoms with Crippen molar-refractivity contribution >= 4 is 21.7 Å². The zero-order valence-electron chi connectivity index (χ0n) is 10.3. The molecule has 0 aliphatic carbocycles. The highest BCUT2D eigenvalue weighted by molar-refractivity contribution is 9.10. The first-order valence-electron chi connectivity index (χ1n) is 5.40. The Hall–Kier alpha value is -1.03. The van der Waals surface area contributed by atoms with E-state index in [-0.39, 0.29) is 5.78 Å². The first kappa shape index (κ1) is 12.4. The summed E-state index contributed by atoms with van der Waals surface area (Å²) in [5.41, 5.74) is -0.0202. The molecule has 3 nitrogen and oxygen atoms in total. The number of ketones is 1. The van der Waals surface area contributed by atoms with Gasteiger partial charge in [-0.05, 0) is 32.9 Å². The summed E-state index contributed by atoms with van der Waals surface area (Å²) < 4.78 is 10.3. The van der Waals surface area contributed by atoms with Crippen LogP contribution in [0, 0.1) is 0 Å². The van der Waals surface area contributed by atoms with Gasteiger partial charge >= 0.3 is 0 Å². The van der Waals surface area contributed by atoms with E-state index in [9.17, 15) is 4.79 Å². The molecule has 1 aliphatic rings. The molecular weight excluding hydrogens is 284 g/mol. The predicted molar refractivity (Wildman–Crippen MR) is 69.4 cm³/mol. The number of alkyl halides is 1. The van der Waals surface area contributed by atoms with Crippen LogP contribution in [0.2, 0.25) is 0 Å². The molecule has 0 amide bonds. The maximum Gasteiger partial charge on any atom is 0.187 e. The zero-order chi connectivity index (χ0) is 12.8. The number of Topliss-reactive ketones (excluding diaryl/α,β-unsaturated/α-hetero) is 1. The first-order chi connectivity index (χ1) is 7.79. The van der Waals surface area contributed by atoms with Gasteiger partial charge in [-0.3, -0.25) is 4.79 Å². The maximum absolute atomic E-state index is 12.4. The minimum atomic E-state index is -0.721. The molecule has 92 valence electrons. The Morgan fingerprint density at radius 3 is 2.53 bits per heavy atom. The minimum absolute atomic E-state index is 0.0337. The second kappa shape index (κ2) is 3.73. The molecule has 1 aromatic rings. The van der Waals surface area contributed by atoms with Gasteiger partial charge in [0.2, 0.25) is 0 Å². The van der Waals surface area contributed by atoms with Crippen LogP contribution in [0.3, 0.4) is 0 Å². The Morgan fingerprint density at radius 1 is 1.29 bits per heavy atom. The van der Waals surface area contributed by atoms with E-state index < -0.39 is 9.93 Å². The molecule has 0 aromatic heterocycles. The normalized spacial score (nSPS) is 26.1. The maximum atomic E-state index is 12.4. The van der Waals surface area contributed by atoms with Crippen molar-refractivity contribution in [1.29, 1.82) is 0 Å². The lowest BCUT2D eigenvalue weighted by Gasteiger charge is -2.43. The Morgan fingerprint density at radius 2 is 1.94 bits per heavy atom. The Labute approximate surface area is 109 Å². The van der Waals surface area contributed by atoms with Gasteiger partial charge in [0, 0.05) is 6.07 Å². The number of fused-ring (bicyclic) bond motifs is 1. The third kappa shape index (κ3) is 1.75. The molecule has 1 aliphatic heterocycles. The summed E-state index contributed by atoms with van der Waals surface area (Å²) in [6.45, 7) is 5.62. The van der Waals surface area contributed by atoms with Gasteiger partial charge in [-0.25, -0.2) is 0 Å². The SMILES string of the molecule is COc1ccc2c(c1)OC(C)(C)C(C)(Br)C2=O. The van der Waals surface area contributed by atoms with Crippen LogP contribution in [0.5, 0.6) is 11.5 Å². The number of ether oxygens (including phenoxy) is 2. The van der Waals surface area contributed by atoms with E-state index in [2.05, 4.69) is 15.9 Å². The number of benzene rings is 1. The summed E-state index contributed by atoms with van der Waals surface area (Å²) in [6, 6.07) is 5.25. The van der Waals surface area contributed by atoms with Crippen molar-refractivity contribution in [1.82, 2.24) is 0 Å². The van der Waals surface area contributed by atoms with Crippen molar-refractivity contribution < 1.29 is 14.3 Å². The van der Waals surface area contributed by atoms with E-state index in [4.69, 9.17) is 9.47 Å². The summed E-state index contributed by atoms with van der Waals surface area (Å²) in [6.07, 6.45) is 0. The van der Waals surface area contributed by atoms with Crippen LogP contribution in [0.25, 0.3) is 0 Å². The molecule has 0 bridgehead atoms. The molecule has 1 unspecified atom stereocenters. The molecule has 17 heavy (non-hydrogen) atoms. The molecule has 2 rings (SSSR count). The molecule has 0 fully saturated rings. The standard InChI is InChI=1S/C13H15BrO3/c1-12(2)13(3,14)11(15)9-6-5-8(16-4)7-10(9)17-12/h5-7H,1-4H3. The number of hydrogen-bond acceptors (Lipinski definition) is 3. The molecule has 1 atom stereocenters. The van der Waals surface area contributed by atoms with Gasteiger partial charge in [-0.2, -0.15) is 0 Å². The van der Waals surface area contributed by atoms with E-state index in [1.165, 1.54) is 0 Å². The lowest BCUT2D eigenvalue weighted by atomic mass is 9.82. The fourth-order valence-electron chi connectivity index (χ4n) is 1.80. The largest absolute Gasteiger partial charge is 0.497 e. The van der Waals surface area contributed by atoms with Gasteiger partial charge in [0.25, 0.3) is 0 Å². The van der Waals surface area contributed by atoms with Crippen molar-refractivity contribution in [2.75, 3.05) is 7.11 Å². The van der Waals surface area contributed by atoms with E-state index >= 15 is 0 Å². The molecule has 1 heterocycles. The topological polar surface area (TPSA) is 35.5 Å². The highest BCUT2D eigenvalue weighted by Crippen LogP contribution is 2.45. The monoisotopic (exact) mass is 298 g/mol. The van der Waals surface area contributed by atoms with E-state index in [0.29, 0.717) is 17.1 Å². The number of methoxy groups -OCH3 is 1. The van der Waals surface area contributed by atoms with Crippen molar-refractivity contribution in [2.45, 2.75) is 30.7 Å². The highest BCUT2D eigenvalue weighted by Gasteiger charge is 2.51. The average Bonchev–Trinajstić information content (AvgIpc) is 2.25. The van der Waals surface area contributed by atoms with Crippen LogP contribution in [-0.2, 0) is 0 Å². The molecule has 4 heteroatoms. The second-order valence-corrected chi connectivity index (χ2v) is 6.39. The summed E-state index contributed by atoms with van der Waals surface area (Å²) in [5, 5.41) is 0. The van der Waals surface area contributed by atoms with E-state index in [0.717, 1.165) is 0 Å². The van der Waals surface area contributed by atoms with Crippen molar-refractivity contribution in [2.24, 2.45) is 0 Å². The van der Waals surface area contributed by atoms with Crippen LogP contribution in [0.1, 0.15) is 31.1 Å². The summed E-state index contributed by atoms with van der Waals surface area (Å²) in [5.74, 6) is 1.30. The van der Waals surface area contributed by atoms with Crippen molar-refractivity contribution in [3.63, 3.8) is 0 Å². The van der Waals surface area contributed by atoms with Gasteiger partial charge in [0.05, 0.1) is 12.7 Å². The molecular formula is C13H15BrO3. The van der Waals surface area contributed by atoms with Gasteiger partial charge < -0.3 is 9.47 Å². The molecule has 1 aromatic carbocycles. The lowest BCUT2D eigenvalue weighted by Crippen LogP contribution is -2.55. The average molecular weight is 299 g/mol. The summed E-state index contributed by atoms with van der Waals surface area (Å²) >= 11 is 3.48. The number of carbonyl (C=O) groups is 1. The fourth-order valence-corrected chi connectivity index (χ4v) is 2.09. The Kier molecular flexibility index (Phi) is 2.73. The van der Waals surface area contributed by atoms with Gasteiger partial charge in [-0.15, -0.1) is 0 Å². The predicted octanol–water partition coefficient (Wildman–Crippen LogP) is 3.20. The fraction of sp³-hybridized carbons (Fsp3) is 0.462. The summed E-state index contributed by atoms with van der Waals surface area (Å²) in [7, 11) is 1.59. The van der Waals surface area contributed by atoms with Crippen LogP contribution in [0.4, 0.5) is 0 Å². The molecule has 0 spiro atoms. The number of halogens is 1. The van der Waals surface area contributed by atoms with E-state index in [1.54, 1.807) is 25.3 Å². The van der Waals surface area contributed by atoms with Gasteiger partial charge in [0.15, 0.2) is 5.78 Å². The molecule has 0 saturated heterocycles. The summed E-state index contributed by atoms with van der Waals surface area (Å²) in [4.78, 5) is 12.4.